The molecule has 0 N–H and O–H groups in total. The van der Waals surface area contributed by atoms with Gasteiger partial charge in [-0.05, 0) is 18.3 Å². The Labute approximate surface area is 67.4 Å². The SMILES string of the molecule is N#CCC1(CC#N)CCCC1. The number of hydrogen-bond acceptors (Lipinski definition) is 2. The first-order valence-electron chi connectivity index (χ1n) is 4.07. The fourth-order valence-electron chi connectivity index (χ4n) is 1.88. The minimum atomic E-state index is 0.0729. The van der Waals surface area contributed by atoms with Crippen LogP contribution in [0, 0.1) is 28.1 Å². The minimum absolute atomic E-state index is 0.0729. The van der Waals surface area contributed by atoms with Crippen LogP contribution >= 0.6 is 0 Å². The molecule has 0 aromatic heterocycles. The van der Waals surface area contributed by atoms with Crippen molar-refractivity contribution in [1.82, 2.24) is 0 Å². The predicted octanol–water partition coefficient (Wildman–Crippen LogP) is 2.37. The predicted molar refractivity (Wildman–Crippen MR) is 41.4 cm³/mol. The van der Waals surface area contributed by atoms with Crippen molar-refractivity contribution in [3.05, 3.63) is 0 Å². The molecule has 0 heterocycles. The lowest BCUT2D eigenvalue weighted by atomic mass is 9.81. The monoisotopic (exact) mass is 148 g/mol. The molecule has 1 fully saturated rings. The van der Waals surface area contributed by atoms with E-state index < -0.39 is 0 Å². The Morgan fingerprint density at radius 2 is 1.45 bits per heavy atom. The standard InChI is InChI=1S/C9H12N2/c10-7-5-9(6-8-11)3-1-2-4-9/h1-6H2. The molecule has 1 aliphatic carbocycles. The molecule has 0 amide bonds. The summed E-state index contributed by atoms with van der Waals surface area (Å²) in [6, 6.07) is 4.37. The van der Waals surface area contributed by atoms with Gasteiger partial charge in [0, 0.05) is 12.8 Å². The van der Waals surface area contributed by atoms with Crippen LogP contribution in [0.3, 0.4) is 0 Å². The smallest absolute Gasteiger partial charge is 0.0627 e. The topological polar surface area (TPSA) is 47.6 Å². The van der Waals surface area contributed by atoms with E-state index in [1.165, 1.54) is 12.8 Å². The molecular weight excluding hydrogens is 136 g/mol. The van der Waals surface area contributed by atoms with Crippen LogP contribution in [0.5, 0.6) is 0 Å². The Balaban J connectivity index is 2.57. The summed E-state index contributed by atoms with van der Waals surface area (Å²) in [5, 5.41) is 17.1. The van der Waals surface area contributed by atoms with Gasteiger partial charge < -0.3 is 0 Å². The number of nitrogens with zero attached hydrogens (tertiary/aromatic N) is 2. The van der Waals surface area contributed by atoms with E-state index in [9.17, 15) is 0 Å². The molecule has 2 heteroatoms. The third-order valence-corrected chi connectivity index (χ3v) is 2.57. The zero-order valence-electron chi connectivity index (χ0n) is 6.64. The van der Waals surface area contributed by atoms with Crippen LogP contribution in [0.1, 0.15) is 38.5 Å². The summed E-state index contributed by atoms with van der Waals surface area (Å²) in [4.78, 5) is 0. The Bertz CT molecular complexity index is 183. The van der Waals surface area contributed by atoms with Gasteiger partial charge in [-0.3, -0.25) is 0 Å². The number of rotatable bonds is 2. The molecule has 0 bridgehead atoms. The van der Waals surface area contributed by atoms with Crippen LogP contribution in [0.2, 0.25) is 0 Å². The van der Waals surface area contributed by atoms with Gasteiger partial charge in [0.05, 0.1) is 12.1 Å². The lowest BCUT2D eigenvalue weighted by molar-refractivity contribution is 0.313. The number of hydrogen-bond donors (Lipinski definition) is 0. The maximum absolute atomic E-state index is 8.56. The molecule has 2 nitrogen and oxygen atoms in total. The van der Waals surface area contributed by atoms with E-state index >= 15 is 0 Å². The molecule has 0 atom stereocenters. The fourth-order valence-corrected chi connectivity index (χ4v) is 1.88. The zero-order valence-corrected chi connectivity index (χ0v) is 6.64. The van der Waals surface area contributed by atoms with E-state index in [2.05, 4.69) is 12.1 Å². The number of nitriles is 2. The Kier molecular flexibility index (Phi) is 2.49. The van der Waals surface area contributed by atoms with E-state index in [1.807, 2.05) is 0 Å². The zero-order chi connectivity index (χ0) is 8.16. The fraction of sp³-hybridized carbons (Fsp3) is 0.778. The molecular formula is C9H12N2. The van der Waals surface area contributed by atoms with Crippen molar-refractivity contribution in [2.45, 2.75) is 38.5 Å². The summed E-state index contributed by atoms with van der Waals surface area (Å²) in [7, 11) is 0. The van der Waals surface area contributed by atoms with Crippen molar-refractivity contribution in [2.24, 2.45) is 5.41 Å². The summed E-state index contributed by atoms with van der Waals surface area (Å²) in [5.74, 6) is 0. The highest BCUT2D eigenvalue weighted by Gasteiger charge is 2.33. The second-order valence-electron chi connectivity index (χ2n) is 3.38. The molecule has 0 unspecified atom stereocenters. The quantitative estimate of drug-likeness (QED) is 0.603. The summed E-state index contributed by atoms with van der Waals surface area (Å²) < 4.78 is 0. The molecule has 1 saturated carbocycles. The van der Waals surface area contributed by atoms with Gasteiger partial charge in [-0.2, -0.15) is 10.5 Å². The van der Waals surface area contributed by atoms with Crippen LogP contribution < -0.4 is 0 Å². The van der Waals surface area contributed by atoms with E-state index in [4.69, 9.17) is 10.5 Å². The Morgan fingerprint density at radius 3 is 1.82 bits per heavy atom. The maximum Gasteiger partial charge on any atom is 0.0627 e. The highest BCUT2D eigenvalue weighted by molar-refractivity contribution is 4.97. The van der Waals surface area contributed by atoms with Gasteiger partial charge in [0.15, 0.2) is 0 Å². The lowest BCUT2D eigenvalue weighted by Gasteiger charge is -2.21. The normalized spacial score (nSPS) is 20.5. The van der Waals surface area contributed by atoms with E-state index in [0.29, 0.717) is 12.8 Å². The summed E-state index contributed by atoms with van der Waals surface area (Å²) >= 11 is 0. The van der Waals surface area contributed by atoms with Crippen LogP contribution in [0.15, 0.2) is 0 Å². The average Bonchev–Trinajstić information content (AvgIpc) is 2.39. The van der Waals surface area contributed by atoms with Crippen LogP contribution in [0.4, 0.5) is 0 Å². The van der Waals surface area contributed by atoms with Gasteiger partial charge in [0.2, 0.25) is 0 Å². The second kappa shape index (κ2) is 3.39. The van der Waals surface area contributed by atoms with Crippen LogP contribution in [-0.4, -0.2) is 0 Å². The van der Waals surface area contributed by atoms with E-state index in [1.54, 1.807) is 0 Å². The molecule has 0 radical (unpaired) electrons. The first-order valence-corrected chi connectivity index (χ1v) is 4.07. The van der Waals surface area contributed by atoms with E-state index in [-0.39, 0.29) is 5.41 Å². The van der Waals surface area contributed by atoms with Crippen molar-refractivity contribution in [3.8, 4) is 12.1 Å². The Hall–Kier alpha value is -1.02. The summed E-state index contributed by atoms with van der Waals surface area (Å²) in [6.07, 6.45) is 5.69. The highest BCUT2D eigenvalue weighted by Crippen LogP contribution is 2.43. The third kappa shape index (κ3) is 1.71. The maximum atomic E-state index is 8.56. The molecule has 1 aliphatic rings. The van der Waals surface area contributed by atoms with Gasteiger partial charge in [0.25, 0.3) is 0 Å². The third-order valence-electron chi connectivity index (χ3n) is 2.57. The molecule has 0 aromatic carbocycles. The molecule has 1 rings (SSSR count). The highest BCUT2D eigenvalue weighted by atomic mass is 14.4. The van der Waals surface area contributed by atoms with Gasteiger partial charge in [0.1, 0.15) is 0 Å². The van der Waals surface area contributed by atoms with Crippen LogP contribution in [-0.2, 0) is 0 Å². The van der Waals surface area contributed by atoms with Crippen molar-refractivity contribution >= 4 is 0 Å². The lowest BCUT2D eigenvalue weighted by Crippen LogP contribution is -2.14. The van der Waals surface area contributed by atoms with Crippen molar-refractivity contribution in [1.29, 1.82) is 10.5 Å². The average molecular weight is 148 g/mol. The molecule has 58 valence electrons. The molecule has 0 aliphatic heterocycles. The summed E-state index contributed by atoms with van der Waals surface area (Å²) in [6.45, 7) is 0. The minimum Gasteiger partial charge on any atom is -0.198 e. The van der Waals surface area contributed by atoms with Crippen LogP contribution in [0.25, 0.3) is 0 Å². The van der Waals surface area contributed by atoms with E-state index in [0.717, 1.165) is 12.8 Å². The van der Waals surface area contributed by atoms with Crippen molar-refractivity contribution in [3.63, 3.8) is 0 Å². The summed E-state index contributed by atoms with van der Waals surface area (Å²) in [5.41, 5.74) is 0.0729. The van der Waals surface area contributed by atoms with Gasteiger partial charge in [-0.25, -0.2) is 0 Å². The second-order valence-corrected chi connectivity index (χ2v) is 3.38. The van der Waals surface area contributed by atoms with Crippen molar-refractivity contribution in [2.75, 3.05) is 0 Å². The largest absolute Gasteiger partial charge is 0.198 e. The van der Waals surface area contributed by atoms with Gasteiger partial charge in [-0.1, -0.05) is 12.8 Å². The molecule has 0 saturated heterocycles. The first-order chi connectivity index (χ1) is 5.33. The van der Waals surface area contributed by atoms with Gasteiger partial charge >= 0.3 is 0 Å². The molecule has 0 aromatic rings. The van der Waals surface area contributed by atoms with Gasteiger partial charge in [-0.15, -0.1) is 0 Å². The van der Waals surface area contributed by atoms with Crippen molar-refractivity contribution < 1.29 is 0 Å². The molecule has 11 heavy (non-hydrogen) atoms. The Morgan fingerprint density at radius 1 is 1.00 bits per heavy atom. The first kappa shape index (κ1) is 8.08. The molecule has 0 spiro atoms.